The highest BCUT2D eigenvalue weighted by Gasteiger charge is 2.43. The molecule has 5 nitrogen and oxygen atoms in total. The molecule has 146 valence electrons. The number of terminal acetylenes is 1. The Balaban J connectivity index is 2.09. The second-order valence-electron chi connectivity index (χ2n) is 5.89. The van der Waals surface area contributed by atoms with Crippen molar-refractivity contribution in [2.45, 2.75) is 19.4 Å². The minimum Gasteiger partial charge on any atom is -0.465 e. The number of esters is 2. The zero-order valence-corrected chi connectivity index (χ0v) is 14.5. The van der Waals surface area contributed by atoms with Crippen LogP contribution in [0.4, 0.5) is 17.6 Å². The van der Waals surface area contributed by atoms with Crippen molar-refractivity contribution in [1.29, 1.82) is 5.26 Å². The summed E-state index contributed by atoms with van der Waals surface area (Å²) in [5, 5.41) is 8.85. The summed E-state index contributed by atoms with van der Waals surface area (Å²) < 4.78 is 64.8. The van der Waals surface area contributed by atoms with Gasteiger partial charge < -0.3 is 9.47 Å². The number of ether oxygens (including phenoxy) is 2. The van der Waals surface area contributed by atoms with E-state index in [9.17, 15) is 27.2 Å². The number of methoxy groups -OCH3 is 1. The van der Waals surface area contributed by atoms with Gasteiger partial charge in [0.15, 0.2) is 23.3 Å². The summed E-state index contributed by atoms with van der Waals surface area (Å²) in [6.07, 6.45) is 5.72. The van der Waals surface area contributed by atoms with Crippen molar-refractivity contribution in [2.75, 3.05) is 7.11 Å². The van der Waals surface area contributed by atoms with Crippen molar-refractivity contribution in [3.8, 4) is 18.4 Å². The summed E-state index contributed by atoms with van der Waals surface area (Å²) in [6.45, 7) is -1.03. The summed E-state index contributed by atoms with van der Waals surface area (Å²) in [5.74, 6) is -7.81. The molecule has 9 heteroatoms. The topological polar surface area (TPSA) is 76.4 Å². The maximum atomic E-state index is 14.0. The molecule has 2 atom stereocenters. The lowest BCUT2D eigenvalue weighted by Gasteiger charge is -2.11. The molecule has 28 heavy (non-hydrogen) atoms. The van der Waals surface area contributed by atoms with Gasteiger partial charge >= 0.3 is 11.9 Å². The zero-order chi connectivity index (χ0) is 21.0. The fourth-order valence-electron chi connectivity index (χ4n) is 2.50. The molecule has 0 amide bonds. The van der Waals surface area contributed by atoms with Gasteiger partial charge in [0, 0.05) is 12.0 Å². The highest BCUT2D eigenvalue weighted by atomic mass is 19.2. The number of halogens is 4. The number of hydrogen-bond donors (Lipinski definition) is 0. The molecule has 0 heterocycles. The van der Waals surface area contributed by atoms with Crippen LogP contribution in [-0.4, -0.2) is 19.0 Å². The van der Waals surface area contributed by atoms with Gasteiger partial charge in [-0.05, 0) is 12.3 Å². The summed E-state index contributed by atoms with van der Waals surface area (Å²) in [6, 6.07) is 1.62. The van der Waals surface area contributed by atoms with E-state index < -0.39 is 71.2 Å². The Hall–Kier alpha value is -3.33. The maximum absolute atomic E-state index is 14.0. The Kier molecular flexibility index (Phi) is 6.42. The lowest BCUT2D eigenvalue weighted by atomic mass is 10.1. The molecule has 1 aromatic carbocycles. The first-order chi connectivity index (χ1) is 13.3. The van der Waals surface area contributed by atoms with E-state index in [0.29, 0.717) is 0 Å². The minimum atomic E-state index is -1.69. The number of nitrogens with zero attached hydrogens (tertiary/aromatic N) is 1. The number of nitriles is 1. The van der Waals surface area contributed by atoms with Crippen LogP contribution in [-0.2, 0) is 32.1 Å². The third kappa shape index (κ3) is 4.15. The van der Waals surface area contributed by atoms with Crippen LogP contribution in [0.1, 0.15) is 17.5 Å². The second-order valence-corrected chi connectivity index (χ2v) is 5.89. The van der Waals surface area contributed by atoms with Crippen molar-refractivity contribution < 1.29 is 36.6 Å². The molecular formula is C19H13F4NO4. The van der Waals surface area contributed by atoms with Crippen molar-refractivity contribution in [2.24, 2.45) is 11.8 Å². The number of rotatable bonds is 6. The molecule has 0 unspecified atom stereocenters. The van der Waals surface area contributed by atoms with E-state index in [2.05, 4.69) is 4.74 Å². The first-order valence-corrected chi connectivity index (χ1v) is 7.90. The maximum Gasteiger partial charge on any atom is 0.348 e. The molecular weight excluding hydrogens is 382 g/mol. The molecule has 1 aromatic rings. The fourth-order valence-corrected chi connectivity index (χ4v) is 2.50. The van der Waals surface area contributed by atoms with Crippen LogP contribution < -0.4 is 0 Å². The van der Waals surface area contributed by atoms with Crippen LogP contribution >= 0.6 is 0 Å². The number of carbonyl (C=O) groups is 2. The monoisotopic (exact) mass is 395 g/mol. The van der Waals surface area contributed by atoms with Crippen LogP contribution in [0.15, 0.2) is 11.6 Å². The Morgan fingerprint density at radius 1 is 1.18 bits per heavy atom. The second kappa shape index (κ2) is 8.57. The summed E-state index contributed by atoms with van der Waals surface area (Å²) >= 11 is 0. The van der Waals surface area contributed by atoms with E-state index in [1.165, 1.54) is 6.08 Å². The number of hydrogen-bond acceptors (Lipinski definition) is 5. The van der Waals surface area contributed by atoms with Gasteiger partial charge in [-0.25, -0.2) is 22.4 Å². The molecule has 0 radical (unpaired) electrons. The Labute approximate surface area is 157 Å². The lowest BCUT2D eigenvalue weighted by molar-refractivity contribution is -0.147. The van der Waals surface area contributed by atoms with E-state index in [4.69, 9.17) is 16.4 Å². The molecule has 2 rings (SSSR count). The molecule has 0 aromatic heterocycles. The van der Waals surface area contributed by atoms with Crippen LogP contribution in [0, 0.1) is 58.8 Å². The average Bonchev–Trinajstić information content (AvgIpc) is 3.46. The van der Waals surface area contributed by atoms with Crippen LogP contribution in [0.2, 0.25) is 0 Å². The minimum absolute atomic E-state index is 0.232. The lowest BCUT2D eigenvalue weighted by Crippen LogP contribution is -2.13. The third-order valence-corrected chi connectivity index (χ3v) is 4.13. The number of benzene rings is 1. The largest absolute Gasteiger partial charge is 0.465 e. The average molecular weight is 395 g/mol. The van der Waals surface area contributed by atoms with E-state index in [1.807, 2.05) is 5.92 Å². The van der Waals surface area contributed by atoms with Crippen molar-refractivity contribution in [3.63, 3.8) is 0 Å². The molecule has 0 N–H and O–H groups in total. The smallest absolute Gasteiger partial charge is 0.348 e. The molecule has 0 spiro atoms. The first kappa shape index (κ1) is 21.0. The number of carbonyl (C=O) groups excluding carboxylic acids is 2. The van der Waals surface area contributed by atoms with Crippen LogP contribution in [0.5, 0.6) is 0 Å². The summed E-state index contributed by atoms with van der Waals surface area (Å²) in [5.41, 5.74) is -2.30. The van der Waals surface area contributed by atoms with Crippen LogP contribution in [0.3, 0.4) is 0 Å². The van der Waals surface area contributed by atoms with Gasteiger partial charge in [0.2, 0.25) is 0 Å². The quantitative estimate of drug-likeness (QED) is 0.185. The van der Waals surface area contributed by atoms with Crippen LogP contribution in [0.25, 0.3) is 0 Å². The van der Waals surface area contributed by atoms with Crippen molar-refractivity contribution in [3.05, 3.63) is 46.0 Å². The zero-order valence-electron chi connectivity index (χ0n) is 14.5. The van der Waals surface area contributed by atoms with E-state index in [1.54, 1.807) is 6.07 Å². The van der Waals surface area contributed by atoms with Gasteiger partial charge in [-0.1, -0.05) is 6.08 Å². The Morgan fingerprint density at radius 3 is 2.25 bits per heavy atom. The molecule has 0 aliphatic heterocycles. The van der Waals surface area contributed by atoms with Crippen molar-refractivity contribution >= 4 is 11.9 Å². The molecule has 1 aliphatic carbocycles. The SMILES string of the molecule is C#CCc1c(F)c(F)c(COC(=O)[C@@H]2C[C@H]2/C=C(\C#N)C(=O)OC)c(F)c1F. The molecule has 0 saturated heterocycles. The van der Waals surface area contributed by atoms with Gasteiger partial charge in [0.25, 0.3) is 0 Å². The summed E-state index contributed by atoms with van der Waals surface area (Å²) in [4.78, 5) is 23.3. The third-order valence-electron chi connectivity index (χ3n) is 4.13. The van der Waals surface area contributed by atoms with Crippen molar-refractivity contribution in [1.82, 2.24) is 0 Å². The van der Waals surface area contributed by atoms with Gasteiger partial charge in [0.1, 0.15) is 18.2 Å². The Morgan fingerprint density at radius 2 is 1.75 bits per heavy atom. The van der Waals surface area contributed by atoms with E-state index >= 15 is 0 Å². The predicted octanol–water partition coefficient (Wildman–Crippen LogP) is 2.72. The molecule has 0 bridgehead atoms. The number of allylic oxidation sites excluding steroid dienone is 1. The highest BCUT2D eigenvalue weighted by Crippen LogP contribution is 2.41. The van der Waals surface area contributed by atoms with Gasteiger partial charge in [-0.3, -0.25) is 4.79 Å². The van der Waals surface area contributed by atoms with Gasteiger partial charge in [-0.2, -0.15) is 5.26 Å². The van der Waals surface area contributed by atoms with E-state index in [-0.39, 0.29) is 12.0 Å². The molecule has 1 fully saturated rings. The fraction of sp³-hybridized carbons (Fsp3) is 0.316. The van der Waals surface area contributed by atoms with Gasteiger partial charge in [-0.15, -0.1) is 12.3 Å². The predicted molar refractivity (Wildman–Crippen MR) is 85.9 cm³/mol. The molecule has 1 aliphatic rings. The normalized spacial score (nSPS) is 18.0. The Bertz CT molecular complexity index is 914. The standard InChI is InChI=1S/C19H13F4NO4/c1-3-4-11-14(20)16(22)13(17(23)15(11)21)8-28-19(26)12-6-9(12)5-10(7-24)18(25)27-2/h1,5,9,12H,4,6,8H2,2H3/b10-5+/t9-,12-/m1/s1. The van der Waals surface area contributed by atoms with E-state index in [0.717, 1.165) is 7.11 Å². The summed E-state index contributed by atoms with van der Waals surface area (Å²) in [7, 11) is 1.09. The molecule has 1 saturated carbocycles. The van der Waals surface area contributed by atoms with Gasteiger partial charge in [0.05, 0.1) is 18.6 Å². The first-order valence-electron chi connectivity index (χ1n) is 7.90. The highest BCUT2D eigenvalue weighted by molar-refractivity contribution is 5.93.